The lowest BCUT2D eigenvalue weighted by Gasteiger charge is -2.04. The van der Waals surface area contributed by atoms with Crippen LogP contribution in [0.3, 0.4) is 0 Å². The van der Waals surface area contributed by atoms with Gasteiger partial charge in [0.1, 0.15) is 5.84 Å². The Bertz CT molecular complexity index is 359. The van der Waals surface area contributed by atoms with E-state index in [0.29, 0.717) is 21.6 Å². The number of amidine groups is 1. The first-order valence-electron chi connectivity index (χ1n) is 4.30. The molecule has 0 saturated carbocycles. The average molecular weight is 231 g/mol. The lowest BCUT2D eigenvalue weighted by Crippen LogP contribution is -2.18. The van der Waals surface area contributed by atoms with Crippen LogP contribution in [0, 0.1) is 5.92 Å². The molecule has 76 valence electrons. The minimum Gasteiger partial charge on any atom is -0.387 e. The summed E-state index contributed by atoms with van der Waals surface area (Å²) in [6.45, 7) is 3.95. The standard InChI is InChI=1S/C10H12Cl2N2/c1-6(2)10(13)14-9-4-3-7(11)5-8(9)12/h3-6H,1-2H3,(H2,13,14). The Labute approximate surface area is 93.7 Å². The average Bonchev–Trinajstić information content (AvgIpc) is 2.09. The van der Waals surface area contributed by atoms with E-state index in [1.807, 2.05) is 13.8 Å². The van der Waals surface area contributed by atoms with E-state index in [2.05, 4.69) is 4.99 Å². The first kappa shape index (κ1) is 11.3. The van der Waals surface area contributed by atoms with Crippen LogP contribution in [0.1, 0.15) is 13.8 Å². The molecular formula is C10H12Cl2N2. The summed E-state index contributed by atoms with van der Waals surface area (Å²) in [7, 11) is 0. The molecule has 2 nitrogen and oxygen atoms in total. The van der Waals surface area contributed by atoms with E-state index in [9.17, 15) is 0 Å². The Balaban J connectivity index is 3.03. The molecule has 0 unspecified atom stereocenters. The van der Waals surface area contributed by atoms with Crippen molar-refractivity contribution in [2.75, 3.05) is 0 Å². The highest BCUT2D eigenvalue weighted by atomic mass is 35.5. The zero-order valence-electron chi connectivity index (χ0n) is 8.09. The predicted molar refractivity (Wildman–Crippen MR) is 62.6 cm³/mol. The fourth-order valence-electron chi connectivity index (χ4n) is 0.840. The molecule has 0 aromatic heterocycles. The van der Waals surface area contributed by atoms with Gasteiger partial charge in [0.25, 0.3) is 0 Å². The first-order valence-corrected chi connectivity index (χ1v) is 5.05. The summed E-state index contributed by atoms with van der Waals surface area (Å²) in [5.41, 5.74) is 6.37. The number of nitrogens with two attached hydrogens (primary N) is 1. The molecular weight excluding hydrogens is 219 g/mol. The van der Waals surface area contributed by atoms with Crippen molar-refractivity contribution >= 4 is 34.7 Å². The van der Waals surface area contributed by atoms with Gasteiger partial charge in [-0.15, -0.1) is 0 Å². The van der Waals surface area contributed by atoms with Crippen LogP contribution in [-0.4, -0.2) is 5.84 Å². The lowest BCUT2D eigenvalue weighted by atomic mass is 10.2. The maximum atomic E-state index is 5.93. The fraction of sp³-hybridized carbons (Fsp3) is 0.300. The van der Waals surface area contributed by atoms with Crippen molar-refractivity contribution in [2.24, 2.45) is 16.6 Å². The van der Waals surface area contributed by atoms with E-state index < -0.39 is 0 Å². The third-order valence-electron chi connectivity index (χ3n) is 1.75. The predicted octanol–water partition coefficient (Wildman–Crippen LogP) is 3.64. The summed E-state index contributed by atoms with van der Waals surface area (Å²) in [5.74, 6) is 0.774. The monoisotopic (exact) mass is 230 g/mol. The highest BCUT2D eigenvalue weighted by molar-refractivity contribution is 6.36. The molecule has 0 saturated heterocycles. The van der Waals surface area contributed by atoms with Crippen molar-refractivity contribution in [1.82, 2.24) is 0 Å². The van der Waals surface area contributed by atoms with Gasteiger partial charge in [-0.3, -0.25) is 0 Å². The van der Waals surface area contributed by atoms with Gasteiger partial charge in [0.2, 0.25) is 0 Å². The maximum absolute atomic E-state index is 5.93. The third-order valence-corrected chi connectivity index (χ3v) is 2.29. The number of hydrogen-bond donors (Lipinski definition) is 1. The SMILES string of the molecule is CC(C)C(N)=Nc1ccc(Cl)cc1Cl. The van der Waals surface area contributed by atoms with Crippen LogP contribution < -0.4 is 5.73 Å². The summed E-state index contributed by atoms with van der Waals surface area (Å²) in [6, 6.07) is 5.13. The first-order chi connectivity index (χ1) is 6.50. The number of benzene rings is 1. The topological polar surface area (TPSA) is 38.4 Å². The van der Waals surface area contributed by atoms with E-state index in [1.54, 1.807) is 18.2 Å². The third kappa shape index (κ3) is 2.89. The van der Waals surface area contributed by atoms with Crippen LogP contribution in [0.15, 0.2) is 23.2 Å². The molecule has 4 heteroatoms. The van der Waals surface area contributed by atoms with Gasteiger partial charge in [-0.05, 0) is 18.2 Å². The Morgan fingerprint density at radius 3 is 2.50 bits per heavy atom. The quantitative estimate of drug-likeness (QED) is 0.612. The highest BCUT2D eigenvalue weighted by Crippen LogP contribution is 2.28. The van der Waals surface area contributed by atoms with E-state index in [-0.39, 0.29) is 5.92 Å². The van der Waals surface area contributed by atoms with E-state index in [0.717, 1.165) is 0 Å². The minimum absolute atomic E-state index is 0.210. The van der Waals surface area contributed by atoms with Crippen LogP contribution >= 0.6 is 23.2 Å². The molecule has 0 bridgehead atoms. The second-order valence-corrected chi connectivity index (χ2v) is 4.13. The molecule has 0 heterocycles. The Kier molecular flexibility index (Phi) is 3.78. The largest absolute Gasteiger partial charge is 0.387 e. The van der Waals surface area contributed by atoms with Crippen molar-refractivity contribution in [3.05, 3.63) is 28.2 Å². The number of rotatable bonds is 2. The second-order valence-electron chi connectivity index (χ2n) is 3.29. The van der Waals surface area contributed by atoms with Crippen molar-refractivity contribution in [1.29, 1.82) is 0 Å². The summed E-state index contributed by atoms with van der Waals surface area (Å²) in [4.78, 5) is 4.20. The van der Waals surface area contributed by atoms with Gasteiger partial charge in [-0.2, -0.15) is 0 Å². The van der Waals surface area contributed by atoms with Crippen LogP contribution in [-0.2, 0) is 0 Å². The van der Waals surface area contributed by atoms with Gasteiger partial charge in [-0.1, -0.05) is 37.0 Å². The molecule has 0 aliphatic carbocycles. The highest BCUT2D eigenvalue weighted by Gasteiger charge is 2.03. The zero-order valence-corrected chi connectivity index (χ0v) is 9.60. The van der Waals surface area contributed by atoms with Crippen LogP contribution in [0.5, 0.6) is 0 Å². The molecule has 0 fully saturated rings. The van der Waals surface area contributed by atoms with Gasteiger partial charge in [0.05, 0.1) is 10.7 Å². The molecule has 0 atom stereocenters. The maximum Gasteiger partial charge on any atom is 0.102 e. The molecule has 14 heavy (non-hydrogen) atoms. The van der Waals surface area contributed by atoms with E-state index >= 15 is 0 Å². The van der Waals surface area contributed by atoms with Crippen molar-refractivity contribution < 1.29 is 0 Å². The number of aliphatic imine (C=N–C) groups is 1. The molecule has 0 aliphatic heterocycles. The van der Waals surface area contributed by atoms with Crippen LogP contribution in [0.25, 0.3) is 0 Å². The van der Waals surface area contributed by atoms with Crippen LogP contribution in [0.4, 0.5) is 5.69 Å². The second kappa shape index (κ2) is 4.67. The summed E-state index contributed by atoms with van der Waals surface area (Å²) in [5, 5.41) is 1.11. The zero-order chi connectivity index (χ0) is 10.7. The number of halogens is 2. The van der Waals surface area contributed by atoms with Gasteiger partial charge in [0.15, 0.2) is 0 Å². The van der Waals surface area contributed by atoms with Gasteiger partial charge in [-0.25, -0.2) is 4.99 Å². The number of hydrogen-bond acceptors (Lipinski definition) is 1. The molecule has 1 rings (SSSR count). The van der Waals surface area contributed by atoms with Crippen LogP contribution in [0.2, 0.25) is 10.0 Å². The normalized spacial score (nSPS) is 12.2. The Morgan fingerprint density at radius 2 is 2.00 bits per heavy atom. The summed E-state index contributed by atoms with van der Waals surface area (Å²) in [6.07, 6.45) is 0. The van der Waals surface area contributed by atoms with Gasteiger partial charge >= 0.3 is 0 Å². The minimum atomic E-state index is 0.210. The molecule has 0 radical (unpaired) electrons. The summed E-state index contributed by atoms with van der Waals surface area (Å²) >= 11 is 11.7. The lowest BCUT2D eigenvalue weighted by molar-refractivity contribution is 0.873. The molecule has 1 aromatic carbocycles. The van der Waals surface area contributed by atoms with Crippen molar-refractivity contribution in [2.45, 2.75) is 13.8 Å². The molecule has 0 aliphatic rings. The molecule has 0 amide bonds. The molecule has 2 N–H and O–H groups in total. The Hall–Kier alpha value is -0.730. The Morgan fingerprint density at radius 1 is 1.36 bits per heavy atom. The van der Waals surface area contributed by atoms with Crippen molar-refractivity contribution in [3.63, 3.8) is 0 Å². The summed E-state index contributed by atoms with van der Waals surface area (Å²) < 4.78 is 0. The van der Waals surface area contributed by atoms with Gasteiger partial charge in [0, 0.05) is 10.9 Å². The smallest absolute Gasteiger partial charge is 0.102 e. The van der Waals surface area contributed by atoms with Crippen molar-refractivity contribution in [3.8, 4) is 0 Å². The van der Waals surface area contributed by atoms with E-state index in [1.165, 1.54) is 0 Å². The molecule has 0 spiro atoms. The fourth-order valence-corrected chi connectivity index (χ4v) is 1.29. The molecule has 1 aromatic rings. The number of nitrogens with zero attached hydrogens (tertiary/aromatic N) is 1. The van der Waals surface area contributed by atoms with Gasteiger partial charge < -0.3 is 5.73 Å². The van der Waals surface area contributed by atoms with E-state index in [4.69, 9.17) is 28.9 Å².